The van der Waals surface area contributed by atoms with Crippen LogP contribution in [0.25, 0.3) is 0 Å². The topological polar surface area (TPSA) is 35.5 Å². The van der Waals surface area contributed by atoms with Crippen LogP contribution in [0.4, 0.5) is 4.39 Å². The molecule has 0 aliphatic rings. The molecule has 0 aromatic heterocycles. The SMILES string of the molecule is COCCOCC(=O)c1cc(F)ccc1Cl. The molecule has 3 nitrogen and oxygen atoms in total. The summed E-state index contributed by atoms with van der Waals surface area (Å²) in [6.07, 6.45) is 0. The number of rotatable bonds is 6. The molecular weight excluding hydrogens is 235 g/mol. The highest BCUT2D eigenvalue weighted by Gasteiger charge is 2.11. The Morgan fingerprint density at radius 2 is 2.19 bits per heavy atom. The van der Waals surface area contributed by atoms with Crippen LogP contribution in [0.1, 0.15) is 10.4 Å². The van der Waals surface area contributed by atoms with E-state index in [1.165, 1.54) is 19.2 Å². The number of hydrogen-bond donors (Lipinski definition) is 0. The van der Waals surface area contributed by atoms with Gasteiger partial charge in [-0.1, -0.05) is 11.6 Å². The fourth-order valence-electron chi connectivity index (χ4n) is 1.10. The summed E-state index contributed by atoms with van der Waals surface area (Å²) < 4.78 is 22.7. The van der Waals surface area contributed by atoms with Crippen molar-refractivity contribution in [2.24, 2.45) is 0 Å². The molecule has 0 saturated heterocycles. The zero-order chi connectivity index (χ0) is 12.0. The molecule has 0 saturated carbocycles. The van der Waals surface area contributed by atoms with Crippen LogP contribution in [0.15, 0.2) is 18.2 Å². The first-order valence-electron chi connectivity index (χ1n) is 4.70. The third-order valence-electron chi connectivity index (χ3n) is 1.89. The van der Waals surface area contributed by atoms with E-state index in [0.717, 1.165) is 6.07 Å². The van der Waals surface area contributed by atoms with Gasteiger partial charge in [0.25, 0.3) is 0 Å². The first-order chi connectivity index (χ1) is 7.65. The molecule has 0 amide bonds. The third kappa shape index (κ3) is 3.89. The van der Waals surface area contributed by atoms with Crippen molar-refractivity contribution < 1.29 is 18.7 Å². The van der Waals surface area contributed by atoms with E-state index in [2.05, 4.69) is 0 Å². The Morgan fingerprint density at radius 3 is 2.88 bits per heavy atom. The van der Waals surface area contributed by atoms with Gasteiger partial charge in [0.1, 0.15) is 12.4 Å². The van der Waals surface area contributed by atoms with Crippen molar-refractivity contribution in [3.05, 3.63) is 34.6 Å². The first kappa shape index (κ1) is 13.1. The molecule has 1 aromatic carbocycles. The van der Waals surface area contributed by atoms with Gasteiger partial charge in [0.15, 0.2) is 5.78 Å². The Morgan fingerprint density at radius 1 is 1.44 bits per heavy atom. The predicted molar refractivity (Wildman–Crippen MR) is 58.4 cm³/mol. The van der Waals surface area contributed by atoms with Crippen LogP contribution in [0, 0.1) is 5.82 Å². The minimum Gasteiger partial charge on any atom is -0.382 e. The number of carbonyl (C=O) groups is 1. The average Bonchev–Trinajstić information content (AvgIpc) is 2.27. The Bertz CT molecular complexity index is 368. The Hall–Kier alpha value is -0.970. The fourth-order valence-corrected chi connectivity index (χ4v) is 1.32. The van der Waals surface area contributed by atoms with Crippen molar-refractivity contribution in [2.45, 2.75) is 0 Å². The molecular formula is C11H12ClFO3. The maximum absolute atomic E-state index is 12.9. The van der Waals surface area contributed by atoms with E-state index in [0.29, 0.717) is 13.2 Å². The van der Waals surface area contributed by atoms with E-state index >= 15 is 0 Å². The van der Waals surface area contributed by atoms with Crippen LogP contribution in [-0.2, 0) is 9.47 Å². The molecule has 5 heteroatoms. The minimum absolute atomic E-state index is 0.132. The summed E-state index contributed by atoms with van der Waals surface area (Å²) in [7, 11) is 1.54. The van der Waals surface area contributed by atoms with Crippen LogP contribution in [0.5, 0.6) is 0 Å². The molecule has 0 heterocycles. The van der Waals surface area contributed by atoms with Gasteiger partial charge < -0.3 is 9.47 Å². The summed E-state index contributed by atoms with van der Waals surface area (Å²) in [6.45, 7) is 0.589. The fraction of sp³-hybridized carbons (Fsp3) is 0.364. The minimum atomic E-state index is -0.496. The normalized spacial score (nSPS) is 10.4. The number of hydrogen-bond acceptors (Lipinski definition) is 3. The van der Waals surface area contributed by atoms with E-state index in [1.807, 2.05) is 0 Å². The molecule has 88 valence electrons. The summed E-state index contributed by atoms with van der Waals surface area (Å²) >= 11 is 5.76. The number of Topliss-reactive ketones (excluding diaryl/α,β-unsaturated/α-hetero) is 1. The molecule has 0 radical (unpaired) electrons. The largest absolute Gasteiger partial charge is 0.382 e. The van der Waals surface area contributed by atoms with Crippen molar-refractivity contribution in [2.75, 3.05) is 26.9 Å². The van der Waals surface area contributed by atoms with Gasteiger partial charge in [-0.25, -0.2) is 4.39 Å². The smallest absolute Gasteiger partial charge is 0.190 e. The Labute approximate surface area is 98.1 Å². The van der Waals surface area contributed by atoms with E-state index in [-0.39, 0.29) is 23.0 Å². The van der Waals surface area contributed by atoms with Crippen LogP contribution in [-0.4, -0.2) is 32.7 Å². The van der Waals surface area contributed by atoms with Crippen LogP contribution in [0.3, 0.4) is 0 Å². The van der Waals surface area contributed by atoms with E-state index in [1.54, 1.807) is 0 Å². The quantitative estimate of drug-likeness (QED) is 0.571. The maximum Gasteiger partial charge on any atom is 0.190 e. The molecule has 0 unspecified atom stereocenters. The number of halogens is 2. The third-order valence-corrected chi connectivity index (χ3v) is 2.22. The van der Waals surface area contributed by atoms with Gasteiger partial charge in [-0.2, -0.15) is 0 Å². The second-order valence-corrected chi connectivity index (χ2v) is 3.50. The van der Waals surface area contributed by atoms with Gasteiger partial charge in [-0.15, -0.1) is 0 Å². The van der Waals surface area contributed by atoms with Gasteiger partial charge in [-0.3, -0.25) is 4.79 Å². The molecule has 1 aromatic rings. The van der Waals surface area contributed by atoms with Crippen LogP contribution >= 0.6 is 11.6 Å². The molecule has 0 aliphatic carbocycles. The zero-order valence-electron chi connectivity index (χ0n) is 8.83. The van der Waals surface area contributed by atoms with Crippen molar-refractivity contribution in [1.29, 1.82) is 0 Å². The molecule has 0 N–H and O–H groups in total. The maximum atomic E-state index is 12.9. The lowest BCUT2D eigenvalue weighted by molar-refractivity contribution is 0.0576. The number of methoxy groups -OCH3 is 1. The average molecular weight is 247 g/mol. The van der Waals surface area contributed by atoms with Crippen molar-refractivity contribution >= 4 is 17.4 Å². The Balaban J connectivity index is 2.55. The monoisotopic (exact) mass is 246 g/mol. The zero-order valence-corrected chi connectivity index (χ0v) is 9.59. The van der Waals surface area contributed by atoms with Crippen molar-refractivity contribution in [1.82, 2.24) is 0 Å². The van der Waals surface area contributed by atoms with Crippen LogP contribution < -0.4 is 0 Å². The number of benzene rings is 1. The second-order valence-electron chi connectivity index (χ2n) is 3.09. The summed E-state index contributed by atoms with van der Waals surface area (Å²) in [6, 6.07) is 3.65. The van der Waals surface area contributed by atoms with Crippen LogP contribution in [0.2, 0.25) is 5.02 Å². The highest BCUT2D eigenvalue weighted by Crippen LogP contribution is 2.17. The van der Waals surface area contributed by atoms with Gasteiger partial charge in [0, 0.05) is 12.7 Å². The Kier molecular flexibility index (Phi) is 5.38. The lowest BCUT2D eigenvalue weighted by Gasteiger charge is -2.04. The van der Waals surface area contributed by atoms with E-state index < -0.39 is 5.82 Å². The van der Waals surface area contributed by atoms with Crippen molar-refractivity contribution in [3.63, 3.8) is 0 Å². The molecule has 0 bridgehead atoms. The van der Waals surface area contributed by atoms with Gasteiger partial charge in [0.2, 0.25) is 0 Å². The lowest BCUT2D eigenvalue weighted by atomic mass is 10.1. The number of ether oxygens (including phenoxy) is 2. The van der Waals surface area contributed by atoms with Gasteiger partial charge in [-0.05, 0) is 18.2 Å². The summed E-state index contributed by atoms with van der Waals surface area (Å²) in [5.74, 6) is -0.842. The van der Waals surface area contributed by atoms with Gasteiger partial charge in [0.05, 0.1) is 18.2 Å². The lowest BCUT2D eigenvalue weighted by Crippen LogP contribution is -2.12. The van der Waals surface area contributed by atoms with Crippen molar-refractivity contribution in [3.8, 4) is 0 Å². The highest BCUT2D eigenvalue weighted by molar-refractivity contribution is 6.34. The second kappa shape index (κ2) is 6.58. The summed E-state index contributed by atoms with van der Waals surface area (Å²) in [5, 5.41) is 0.224. The predicted octanol–water partition coefficient (Wildman–Crippen LogP) is 2.32. The molecule has 16 heavy (non-hydrogen) atoms. The van der Waals surface area contributed by atoms with E-state index in [4.69, 9.17) is 21.1 Å². The van der Waals surface area contributed by atoms with Gasteiger partial charge >= 0.3 is 0 Å². The summed E-state index contributed by atoms with van der Waals surface area (Å²) in [5.41, 5.74) is 0.138. The van der Waals surface area contributed by atoms with E-state index in [9.17, 15) is 9.18 Å². The standard InChI is InChI=1S/C11H12ClFO3/c1-15-4-5-16-7-11(14)9-6-8(13)2-3-10(9)12/h2-3,6H,4-5,7H2,1H3. The molecule has 0 spiro atoms. The molecule has 0 fully saturated rings. The number of ketones is 1. The summed E-state index contributed by atoms with van der Waals surface area (Å²) in [4.78, 5) is 11.6. The first-order valence-corrected chi connectivity index (χ1v) is 5.08. The molecule has 0 atom stereocenters. The molecule has 1 rings (SSSR count). The molecule has 0 aliphatic heterocycles. The highest BCUT2D eigenvalue weighted by atomic mass is 35.5. The number of carbonyl (C=O) groups excluding carboxylic acids is 1.